The number of rotatable bonds is 7. The van der Waals surface area contributed by atoms with Gasteiger partial charge in [-0.2, -0.15) is 4.31 Å². The molecule has 0 spiro atoms. The van der Waals surface area contributed by atoms with E-state index in [1.54, 1.807) is 30.3 Å². The van der Waals surface area contributed by atoms with Crippen molar-refractivity contribution in [2.24, 2.45) is 5.16 Å². The lowest BCUT2D eigenvalue weighted by atomic mass is 10.1. The van der Waals surface area contributed by atoms with Crippen molar-refractivity contribution in [1.29, 1.82) is 0 Å². The number of hydrogen-bond donors (Lipinski definition) is 1. The highest BCUT2D eigenvalue weighted by Gasteiger charge is 2.29. The molecule has 34 heavy (non-hydrogen) atoms. The first kappa shape index (κ1) is 22.7. The van der Waals surface area contributed by atoms with Crippen molar-refractivity contribution in [3.05, 3.63) is 90.0 Å². The second-order valence-corrected chi connectivity index (χ2v) is 10.4. The van der Waals surface area contributed by atoms with E-state index in [4.69, 9.17) is 4.84 Å². The van der Waals surface area contributed by atoms with Gasteiger partial charge in [-0.25, -0.2) is 8.42 Å². The number of aliphatic hydroxyl groups is 1. The number of fused-ring (bicyclic) bond motifs is 3. The Bertz CT molecular complexity index is 1240. The van der Waals surface area contributed by atoms with Crippen LogP contribution in [0.4, 0.5) is 0 Å². The summed E-state index contributed by atoms with van der Waals surface area (Å²) in [4.78, 5) is 7.94. The molecule has 3 aromatic rings. The molecule has 2 aliphatic rings. The largest absolute Gasteiger partial charge is 0.392 e. The lowest BCUT2D eigenvalue weighted by Crippen LogP contribution is -2.50. The van der Waals surface area contributed by atoms with Gasteiger partial charge < -0.3 is 9.94 Å². The van der Waals surface area contributed by atoms with Crippen LogP contribution < -0.4 is 0 Å². The molecule has 0 aromatic heterocycles. The van der Waals surface area contributed by atoms with Crippen LogP contribution in [0, 0.1) is 0 Å². The van der Waals surface area contributed by atoms with Crippen molar-refractivity contribution < 1.29 is 18.4 Å². The van der Waals surface area contributed by atoms with Gasteiger partial charge in [-0.1, -0.05) is 71.9 Å². The second kappa shape index (κ2) is 9.68. The molecule has 1 aliphatic heterocycles. The number of aliphatic hydroxyl groups excluding tert-OH is 1. The fourth-order valence-corrected chi connectivity index (χ4v) is 5.97. The van der Waals surface area contributed by atoms with Crippen molar-refractivity contribution in [3.63, 3.8) is 0 Å². The molecular weight excluding hydrogens is 450 g/mol. The molecule has 0 unspecified atom stereocenters. The molecule has 0 saturated carbocycles. The normalized spacial score (nSPS) is 17.1. The first-order chi connectivity index (χ1) is 16.5. The van der Waals surface area contributed by atoms with Crippen LogP contribution in [0.5, 0.6) is 0 Å². The number of piperazine rings is 1. The fourth-order valence-electron chi connectivity index (χ4n) is 4.52. The predicted molar refractivity (Wildman–Crippen MR) is 131 cm³/mol. The van der Waals surface area contributed by atoms with E-state index in [-0.39, 0.29) is 6.61 Å². The molecule has 1 N–H and O–H groups in total. The highest BCUT2D eigenvalue weighted by molar-refractivity contribution is 7.89. The van der Waals surface area contributed by atoms with Gasteiger partial charge in [0.05, 0.1) is 4.90 Å². The summed E-state index contributed by atoms with van der Waals surface area (Å²) in [5.41, 5.74) is 5.08. The second-order valence-electron chi connectivity index (χ2n) is 8.50. The Hall–Kier alpha value is -3.04. The summed E-state index contributed by atoms with van der Waals surface area (Å²) in [6.07, 6.45) is -0.728. The average molecular weight is 478 g/mol. The van der Waals surface area contributed by atoms with Crippen LogP contribution in [0.2, 0.25) is 0 Å². The molecule has 1 aliphatic carbocycles. The van der Waals surface area contributed by atoms with E-state index in [2.05, 4.69) is 22.2 Å². The maximum atomic E-state index is 12.8. The molecular formula is C26H27N3O4S. The molecule has 1 fully saturated rings. The quantitative estimate of drug-likeness (QED) is 0.414. The van der Waals surface area contributed by atoms with E-state index in [1.807, 2.05) is 36.4 Å². The third-order valence-electron chi connectivity index (χ3n) is 6.26. The molecule has 3 aromatic carbocycles. The molecule has 8 heteroatoms. The smallest absolute Gasteiger partial charge is 0.243 e. The van der Waals surface area contributed by atoms with Gasteiger partial charge in [0, 0.05) is 43.9 Å². The van der Waals surface area contributed by atoms with Gasteiger partial charge in [-0.15, -0.1) is 0 Å². The highest BCUT2D eigenvalue weighted by atomic mass is 32.2. The van der Waals surface area contributed by atoms with Crippen LogP contribution in [0.15, 0.2) is 88.9 Å². The SMILES string of the molecule is O=S(=O)(c1ccccc1)N1CCN(C[C@H](O)CON=C2c3ccccc3-c3ccccc32)CC1. The number of oxime groups is 1. The number of nitrogens with zero attached hydrogens (tertiary/aromatic N) is 3. The minimum absolute atomic E-state index is 0.0658. The minimum atomic E-state index is -3.48. The number of benzene rings is 3. The van der Waals surface area contributed by atoms with Crippen LogP contribution in [-0.2, 0) is 14.9 Å². The molecule has 1 heterocycles. The van der Waals surface area contributed by atoms with Crippen molar-refractivity contribution in [3.8, 4) is 11.1 Å². The maximum Gasteiger partial charge on any atom is 0.243 e. The first-order valence-corrected chi connectivity index (χ1v) is 12.8. The van der Waals surface area contributed by atoms with Crippen LogP contribution in [0.1, 0.15) is 11.1 Å². The summed E-state index contributed by atoms with van der Waals surface area (Å²) in [5, 5.41) is 14.9. The van der Waals surface area contributed by atoms with Crippen LogP contribution in [0.3, 0.4) is 0 Å². The molecule has 176 valence electrons. The van der Waals surface area contributed by atoms with Gasteiger partial charge >= 0.3 is 0 Å². The Morgan fingerprint density at radius 3 is 1.91 bits per heavy atom. The van der Waals surface area contributed by atoms with E-state index < -0.39 is 16.1 Å². The molecule has 1 atom stereocenters. The molecule has 0 amide bonds. The molecule has 1 saturated heterocycles. The summed E-state index contributed by atoms with van der Waals surface area (Å²) >= 11 is 0. The summed E-state index contributed by atoms with van der Waals surface area (Å²) in [6, 6.07) is 24.7. The Balaban J connectivity index is 1.15. The first-order valence-electron chi connectivity index (χ1n) is 11.4. The van der Waals surface area contributed by atoms with Crippen molar-refractivity contribution >= 4 is 15.7 Å². The third-order valence-corrected chi connectivity index (χ3v) is 8.17. The maximum absolute atomic E-state index is 12.8. The summed E-state index contributed by atoms with van der Waals surface area (Å²) in [6.45, 7) is 2.35. The van der Waals surface area contributed by atoms with E-state index in [0.717, 1.165) is 28.0 Å². The molecule has 0 bridgehead atoms. The summed E-state index contributed by atoms with van der Waals surface area (Å²) in [7, 11) is -3.48. The topological polar surface area (TPSA) is 82.4 Å². The Morgan fingerprint density at radius 1 is 0.794 bits per heavy atom. The van der Waals surface area contributed by atoms with E-state index in [1.165, 1.54) is 4.31 Å². The van der Waals surface area contributed by atoms with Crippen LogP contribution in [-0.4, -0.2) is 73.9 Å². The van der Waals surface area contributed by atoms with Crippen molar-refractivity contribution in [2.45, 2.75) is 11.0 Å². The lowest BCUT2D eigenvalue weighted by Gasteiger charge is -2.34. The lowest BCUT2D eigenvalue weighted by molar-refractivity contribution is 0.0139. The van der Waals surface area contributed by atoms with Gasteiger partial charge in [0.15, 0.2) is 0 Å². The van der Waals surface area contributed by atoms with Crippen molar-refractivity contribution in [2.75, 3.05) is 39.3 Å². The molecule has 0 radical (unpaired) electrons. The van der Waals surface area contributed by atoms with E-state index in [0.29, 0.717) is 37.6 Å². The van der Waals surface area contributed by atoms with Gasteiger partial charge in [0.25, 0.3) is 0 Å². The molecule has 7 nitrogen and oxygen atoms in total. The highest BCUT2D eigenvalue weighted by Crippen LogP contribution is 2.36. The monoisotopic (exact) mass is 477 g/mol. The number of sulfonamides is 1. The standard InChI is InChI=1S/C26H27N3O4S/c30-20(18-28-14-16-29(17-15-28)34(31,32)21-8-2-1-3-9-21)19-33-27-26-24-12-6-4-10-22(24)23-11-5-7-13-25(23)26/h1-13,20,30H,14-19H2/t20-/m0/s1. The fraction of sp³-hybridized carbons (Fsp3) is 0.269. The Morgan fingerprint density at radius 2 is 1.32 bits per heavy atom. The Kier molecular flexibility index (Phi) is 6.47. The summed E-state index contributed by atoms with van der Waals surface area (Å²) in [5.74, 6) is 0. The van der Waals surface area contributed by atoms with Gasteiger partial charge in [-0.3, -0.25) is 4.90 Å². The van der Waals surface area contributed by atoms with Crippen LogP contribution in [0.25, 0.3) is 11.1 Å². The number of β-amino-alcohol motifs (C(OH)–C–C–N with tert-alkyl or cyclic N) is 1. The van der Waals surface area contributed by atoms with Crippen molar-refractivity contribution in [1.82, 2.24) is 9.21 Å². The zero-order chi connectivity index (χ0) is 23.5. The average Bonchev–Trinajstić information content (AvgIpc) is 3.19. The minimum Gasteiger partial charge on any atom is -0.392 e. The zero-order valence-corrected chi connectivity index (χ0v) is 19.6. The molecule has 5 rings (SSSR count). The summed E-state index contributed by atoms with van der Waals surface area (Å²) < 4.78 is 27.1. The third kappa shape index (κ3) is 4.50. The van der Waals surface area contributed by atoms with Crippen LogP contribution >= 0.6 is 0 Å². The predicted octanol–water partition coefficient (Wildman–Crippen LogP) is 2.80. The van der Waals surface area contributed by atoms with E-state index in [9.17, 15) is 13.5 Å². The zero-order valence-electron chi connectivity index (χ0n) is 18.7. The van der Waals surface area contributed by atoms with E-state index >= 15 is 0 Å². The van der Waals surface area contributed by atoms with Gasteiger partial charge in [0.2, 0.25) is 10.0 Å². The Labute approximate surface area is 199 Å². The van der Waals surface area contributed by atoms with Gasteiger partial charge in [-0.05, 0) is 23.3 Å². The van der Waals surface area contributed by atoms with Gasteiger partial charge in [0.1, 0.15) is 18.4 Å². The number of hydrogen-bond acceptors (Lipinski definition) is 6.